The number of aryl methyl sites for hydroxylation is 1. The first kappa shape index (κ1) is 24.4. The zero-order chi connectivity index (χ0) is 23.1. The van der Waals surface area contributed by atoms with E-state index in [2.05, 4.69) is 0 Å². The van der Waals surface area contributed by atoms with E-state index in [1.54, 1.807) is 25.3 Å². The molecule has 1 aliphatic rings. The summed E-state index contributed by atoms with van der Waals surface area (Å²) in [6.45, 7) is 3.59. The molecule has 0 saturated carbocycles. The fourth-order valence-corrected chi connectivity index (χ4v) is 4.27. The molecule has 9 heteroatoms. The third kappa shape index (κ3) is 6.38. The number of thioether (sulfide) groups is 1. The second kappa shape index (κ2) is 11.6. The van der Waals surface area contributed by atoms with Crippen molar-refractivity contribution in [2.75, 3.05) is 40.6 Å². The van der Waals surface area contributed by atoms with E-state index in [0.29, 0.717) is 52.2 Å². The lowest BCUT2D eigenvalue weighted by Gasteiger charge is -2.14. The van der Waals surface area contributed by atoms with E-state index in [-0.39, 0.29) is 5.91 Å². The molecule has 0 aliphatic carbocycles. The van der Waals surface area contributed by atoms with Crippen LogP contribution in [0.4, 0.5) is 0 Å². The predicted molar refractivity (Wildman–Crippen MR) is 132 cm³/mol. The highest BCUT2D eigenvalue weighted by molar-refractivity contribution is 8.26. The van der Waals surface area contributed by atoms with Gasteiger partial charge in [-0.05, 0) is 42.8 Å². The minimum atomic E-state index is -0.140. The third-order valence-electron chi connectivity index (χ3n) is 4.53. The molecular weight excluding hydrogens is 470 g/mol. The normalized spacial score (nSPS) is 14.9. The Morgan fingerprint density at radius 1 is 1.09 bits per heavy atom. The molecular formula is C23H24ClNO5S2. The minimum absolute atomic E-state index is 0.140. The lowest BCUT2D eigenvalue weighted by atomic mass is 10.2. The molecule has 0 aromatic heterocycles. The van der Waals surface area contributed by atoms with E-state index in [1.807, 2.05) is 31.2 Å². The van der Waals surface area contributed by atoms with Crippen molar-refractivity contribution in [1.82, 2.24) is 4.90 Å². The van der Waals surface area contributed by atoms with Gasteiger partial charge in [-0.2, -0.15) is 0 Å². The summed E-state index contributed by atoms with van der Waals surface area (Å²) in [6, 6.07) is 11.3. The van der Waals surface area contributed by atoms with Crippen LogP contribution in [0.25, 0.3) is 6.08 Å². The molecule has 2 aromatic carbocycles. The molecule has 0 unspecified atom stereocenters. The van der Waals surface area contributed by atoms with Crippen molar-refractivity contribution in [2.24, 2.45) is 0 Å². The monoisotopic (exact) mass is 493 g/mol. The summed E-state index contributed by atoms with van der Waals surface area (Å²) >= 11 is 12.8. The standard InChI is InChI=1S/C23H24ClNO5S2/c1-15-4-6-17(7-5-15)29-10-8-28-9-11-30-21-18(24)12-16(13-19(21)27-3)14-20-22(26)25(2)23(31)32-20/h4-7,12-14H,8-11H2,1-3H3/b20-14+. The van der Waals surface area contributed by atoms with E-state index in [1.165, 1.54) is 29.3 Å². The van der Waals surface area contributed by atoms with Gasteiger partial charge in [0.05, 0.1) is 30.3 Å². The number of methoxy groups -OCH3 is 1. The Kier molecular flexibility index (Phi) is 8.81. The van der Waals surface area contributed by atoms with E-state index in [9.17, 15) is 4.79 Å². The molecule has 1 fully saturated rings. The van der Waals surface area contributed by atoms with Crippen molar-refractivity contribution in [2.45, 2.75) is 6.92 Å². The van der Waals surface area contributed by atoms with Crippen molar-refractivity contribution in [3.8, 4) is 17.2 Å². The van der Waals surface area contributed by atoms with Gasteiger partial charge in [-0.3, -0.25) is 9.69 Å². The van der Waals surface area contributed by atoms with Crippen molar-refractivity contribution in [3.05, 3.63) is 57.5 Å². The maximum absolute atomic E-state index is 12.2. The fourth-order valence-electron chi connectivity index (χ4n) is 2.82. The first-order valence-corrected chi connectivity index (χ1v) is 11.5. The highest BCUT2D eigenvalue weighted by Gasteiger charge is 2.28. The summed E-state index contributed by atoms with van der Waals surface area (Å²) in [5, 5.41) is 0.380. The Bertz CT molecular complexity index is 1010. The molecule has 3 rings (SSSR count). The molecule has 170 valence electrons. The highest BCUT2D eigenvalue weighted by atomic mass is 35.5. The van der Waals surface area contributed by atoms with Gasteiger partial charge >= 0.3 is 0 Å². The number of carbonyl (C=O) groups excluding carboxylic acids is 1. The van der Waals surface area contributed by atoms with E-state index in [4.69, 9.17) is 42.8 Å². The molecule has 0 N–H and O–H groups in total. The van der Waals surface area contributed by atoms with Crippen LogP contribution in [0.1, 0.15) is 11.1 Å². The van der Waals surface area contributed by atoms with Crippen LogP contribution in [0.2, 0.25) is 5.02 Å². The molecule has 0 atom stereocenters. The average molecular weight is 494 g/mol. The SMILES string of the molecule is COc1cc(/C=C2/SC(=S)N(C)C2=O)cc(Cl)c1OCCOCCOc1ccc(C)cc1. The molecule has 0 radical (unpaired) electrons. The number of ether oxygens (including phenoxy) is 4. The summed E-state index contributed by atoms with van der Waals surface area (Å²) in [6.07, 6.45) is 1.73. The summed E-state index contributed by atoms with van der Waals surface area (Å²) in [4.78, 5) is 14.2. The van der Waals surface area contributed by atoms with Crippen LogP contribution in [-0.4, -0.2) is 55.7 Å². The lowest BCUT2D eigenvalue weighted by molar-refractivity contribution is -0.121. The van der Waals surface area contributed by atoms with Crippen molar-refractivity contribution in [3.63, 3.8) is 0 Å². The van der Waals surface area contributed by atoms with Gasteiger partial charge in [-0.25, -0.2) is 0 Å². The van der Waals surface area contributed by atoms with Gasteiger partial charge in [0.2, 0.25) is 0 Å². The number of halogens is 1. The molecule has 1 heterocycles. The van der Waals surface area contributed by atoms with Crippen LogP contribution in [0.3, 0.4) is 0 Å². The van der Waals surface area contributed by atoms with Gasteiger partial charge in [0.1, 0.15) is 23.3 Å². The molecule has 1 saturated heterocycles. The van der Waals surface area contributed by atoms with Gasteiger partial charge in [-0.15, -0.1) is 0 Å². The smallest absolute Gasteiger partial charge is 0.265 e. The van der Waals surface area contributed by atoms with Gasteiger partial charge in [0.25, 0.3) is 5.91 Å². The first-order chi connectivity index (χ1) is 15.4. The molecule has 0 bridgehead atoms. The van der Waals surface area contributed by atoms with E-state index < -0.39 is 0 Å². The zero-order valence-electron chi connectivity index (χ0n) is 18.1. The average Bonchev–Trinajstić information content (AvgIpc) is 3.01. The Hall–Kier alpha value is -2.26. The largest absolute Gasteiger partial charge is 0.493 e. The number of rotatable bonds is 10. The number of carbonyl (C=O) groups is 1. The van der Waals surface area contributed by atoms with Gasteiger partial charge in [0.15, 0.2) is 11.5 Å². The Morgan fingerprint density at radius 2 is 1.78 bits per heavy atom. The summed E-state index contributed by atoms with van der Waals surface area (Å²) in [7, 11) is 3.19. The van der Waals surface area contributed by atoms with Crippen LogP contribution in [-0.2, 0) is 9.53 Å². The molecule has 0 spiro atoms. The second-order valence-corrected chi connectivity index (χ2v) is 8.98. The Balaban J connectivity index is 1.49. The zero-order valence-corrected chi connectivity index (χ0v) is 20.4. The van der Waals surface area contributed by atoms with Crippen molar-refractivity contribution < 1.29 is 23.7 Å². The molecule has 6 nitrogen and oxygen atoms in total. The molecule has 2 aromatic rings. The Labute approximate surface area is 202 Å². The third-order valence-corrected chi connectivity index (χ3v) is 6.29. The maximum Gasteiger partial charge on any atom is 0.265 e. The van der Waals surface area contributed by atoms with Gasteiger partial charge in [-0.1, -0.05) is 53.3 Å². The Morgan fingerprint density at radius 3 is 2.41 bits per heavy atom. The number of amides is 1. The molecule has 1 amide bonds. The van der Waals surface area contributed by atoms with E-state index in [0.717, 1.165) is 11.3 Å². The van der Waals surface area contributed by atoms with Crippen LogP contribution in [0, 0.1) is 6.92 Å². The molecule has 1 aliphatic heterocycles. The first-order valence-electron chi connectivity index (χ1n) is 9.88. The second-order valence-electron chi connectivity index (χ2n) is 6.90. The predicted octanol–water partition coefficient (Wildman–Crippen LogP) is 4.96. The summed E-state index contributed by atoms with van der Waals surface area (Å²) in [5.41, 5.74) is 1.91. The minimum Gasteiger partial charge on any atom is -0.493 e. The quantitative estimate of drug-likeness (QED) is 0.263. The van der Waals surface area contributed by atoms with Gasteiger partial charge < -0.3 is 18.9 Å². The number of hydrogen-bond donors (Lipinski definition) is 0. The number of thiocarbonyl (C=S) groups is 1. The molecule has 32 heavy (non-hydrogen) atoms. The lowest BCUT2D eigenvalue weighted by Crippen LogP contribution is -2.22. The van der Waals surface area contributed by atoms with E-state index >= 15 is 0 Å². The number of likely N-dealkylation sites (N-methyl/N-ethyl adjacent to an activating group) is 1. The van der Waals surface area contributed by atoms with Crippen molar-refractivity contribution >= 4 is 51.9 Å². The number of nitrogens with zero attached hydrogens (tertiary/aromatic N) is 1. The fraction of sp³-hybridized carbons (Fsp3) is 0.304. The van der Waals surface area contributed by atoms with Crippen molar-refractivity contribution in [1.29, 1.82) is 0 Å². The number of benzene rings is 2. The topological polar surface area (TPSA) is 57.2 Å². The van der Waals surface area contributed by atoms with Crippen LogP contribution in [0.15, 0.2) is 41.3 Å². The highest BCUT2D eigenvalue weighted by Crippen LogP contribution is 2.38. The maximum atomic E-state index is 12.2. The van der Waals surface area contributed by atoms with Gasteiger partial charge in [0, 0.05) is 7.05 Å². The van der Waals surface area contributed by atoms with Crippen LogP contribution < -0.4 is 14.2 Å². The number of hydrogen-bond acceptors (Lipinski definition) is 7. The van der Waals surface area contributed by atoms with Crippen LogP contribution >= 0.6 is 35.6 Å². The summed E-state index contributed by atoms with van der Waals surface area (Å²) < 4.78 is 22.9. The van der Waals surface area contributed by atoms with Crippen LogP contribution in [0.5, 0.6) is 17.2 Å². The summed E-state index contributed by atoms with van der Waals surface area (Å²) in [5.74, 6) is 1.57.